The third-order valence-corrected chi connectivity index (χ3v) is 5.40. The summed E-state index contributed by atoms with van der Waals surface area (Å²) in [6.07, 6.45) is 0. The number of hydrogen-bond donors (Lipinski definition) is 1. The van der Waals surface area contributed by atoms with Crippen LogP contribution >= 0.6 is 27.3 Å². The van der Waals surface area contributed by atoms with Gasteiger partial charge in [-0.1, -0.05) is 43.6 Å². The zero-order valence-corrected chi connectivity index (χ0v) is 15.2. The molecular formula is C17H21BrFNS. The smallest absolute Gasteiger partial charge is 0.128 e. The maximum absolute atomic E-state index is 14.2. The Hall–Kier alpha value is -0.710. The van der Waals surface area contributed by atoms with E-state index in [1.54, 1.807) is 17.4 Å². The van der Waals surface area contributed by atoms with Gasteiger partial charge in [-0.05, 0) is 42.3 Å². The molecule has 0 saturated heterocycles. The minimum atomic E-state index is -0.171. The summed E-state index contributed by atoms with van der Waals surface area (Å²) in [6, 6.07) is 9.27. The van der Waals surface area contributed by atoms with Crippen molar-refractivity contribution in [1.29, 1.82) is 0 Å². The van der Waals surface area contributed by atoms with Crippen LogP contribution in [-0.4, -0.2) is 6.54 Å². The molecule has 1 aromatic heterocycles. The van der Waals surface area contributed by atoms with Crippen LogP contribution < -0.4 is 5.32 Å². The fourth-order valence-corrected chi connectivity index (χ4v) is 3.75. The van der Waals surface area contributed by atoms with E-state index < -0.39 is 0 Å². The number of rotatable bonds is 4. The predicted molar refractivity (Wildman–Crippen MR) is 92.6 cm³/mol. The number of hydrogen-bond acceptors (Lipinski definition) is 2. The highest BCUT2D eigenvalue weighted by Crippen LogP contribution is 2.36. The molecule has 0 radical (unpaired) electrons. The molecule has 2 rings (SSSR count). The third kappa shape index (κ3) is 3.93. The van der Waals surface area contributed by atoms with E-state index in [0.29, 0.717) is 5.56 Å². The normalized spacial score (nSPS) is 13.4. The summed E-state index contributed by atoms with van der Waals surface area (Å²) in [5.74, 6) is -0.171. The lowest BCUT2D eigenvalue weighted by molar-refractivity contribution is 0.562. The Kier molecular flexibility index (Phi) is 5.23. The van der Waals surface area contributed by atoms with E-state index in [-0.39, 0.29) is 17.3 Å². The van der Waals surface area contributed by atoms with Gasteiger partial charge in [-0.25, -0.2) is 4.39 Å². The Labute approximate surface area is 138 Å². The summed E-state index contributed by atoms with van der Waals surface area (Å²) in [6.45, 7) is 9.43. The van der Waals surface area contributed by atoms with E-state index in [1.165, 1.54) is 10.9 Å². The van der Waals surface area contributed by atoms with Gasteiger partial charge in [0.25, 0.3) is 0 Å². The van der Waals surface area contributed by atoms with Gasteiger partial charge < -0.3 is 5.32 Å². The fraction of sp³-hybridized carbons (Fsp3) is 0.412. The molecule has 1 N–H and O–H groups in total. The van der Waals surface area contributed by atoms with Crippen LogP contribution in [0.3, 0.4) is 0 Å². The molecule has 4 heteroatoms. The van der Waals surface area contributed by atoms with E-state index in [0.717, 1.165) is 15.9 Å². The Bertz CT molecular complexity index is 615. The fourth-order valence-electron chi connectivity index (χ4n) is 2.21. The van der Waals surface area contributed by atoms with Gasteiger partial charge in [0.15, 0.2) is 0 Å². The molecular weight excluding hydrogens is 349 g/mol. The van der Waals surface area contributed by atoms with Gasteiger partial charge >= 0.3 is 0 Å². The summed E-state index contributed by atoms with van der Waals surface area (Å²) >= 11 is 5.19. The van der Waals surface area contributed by atoms with E-state index in [9.17, 15) is 4.39 Å². The minimum Gasteiger partial charge on any atom is -0.306 e. The standard InChI is InChI=1S/C17H21BrFNS/c1-5-20-16(12-10-11(18)6-7-13(12)19)14-8-9-15(21-14)17(2,3)4/h6-10,16,20H,5H2,1-4H3. The van der Waals surface area contributed by atoms with Gasteiger partial charge in [-0.2, -0.15) is 0 Å². The lowest BCUT2D eigenvalue weighted by Gasteiger charge is -2.19. The zero-order chi connectivity index (χ0) is 15.6. The van der Waals surface area contributed by atoms with Gasteiger partial charge in [0.05, 0.1) is 6.04 Å². The molecule has 114 valence electrons. The third-order valence-electron chi connectivity index (χ3n) is 3.33. The first-order valence-corrected chi connectivity index (χ1v) is 8.72. The molecule has 2 aromatic rings. The molecule has 1 heterocycles. The molecule has 0 bridgehead atoms. The highest BCUT2D eigenvalue weighted by Gasteiger charge is 2.22. The van der Waals surface area contributed by atoms with Gasteiger partial charge in [-0.15, -0.1) is 11.3 Å². The summed E-state index contributed by atoms with van der Waals surface area (Å²) in [5.41, 5.74) is 0.809. The second-order valence-corrected chi connectivity index (χ2v) is 8.14. The van der Waals surface area contributed by atoms with Crippen molar-refractivity contribution in [2.24, 2.45) is 0 Å². The highest BCUT2D eigenvalue weighted by atomic mass is 79.9. The number of benzene rings is 1. The van der Waals surface area contributed by atoms with Crippen LogP contribution in [-0.2, 0) is 5.41 Å². The number of thiophene rings is 1. The molecule has 0 fully saturated rings. The lowest BCUT2D eigenvalue weighted by atomic mass is 9.95. The molecule has 0 aliphatic rings. The van der Waals surface area contributed by atoms with E-state index in [1.807, 2.05) is 13.0 Å². The average molecular weight is 370 g/mol. The van der Waals surface area contributed by atoms with Crippen molar-refractivity contribution in [3.05, 3.63) is 55.9 Å². The second-order valence-electron chi connectivity index (χ2n) is 6.11. The molecule has 0 amide bonds. The van der Waals surface area contributed by atoms with Crippen LogP contribution in [0.25, 0.3) is 0 Å². The largest absolute Gasteiger partial charge is 0.306 e. The molecule has 0 aliphatic heterocycles. The molecule has 1 atom stereocenters. The topological polar surface area (TPSA) is 12.0 Å². The molecule has 21 heavy (non-hydrogen) atoms. The van der Waals surface area contributed by atoms with Crippen molar-refractivity contribution in [2.75, 3.05) is 6.54 Å². The first-order valence-electron chi connectivity index (χ1n) is 7.11. The lowest BCUT2D eigenvalue weighted by Crippen LogP contribution is -2.22. The second kappa shape index (κ2) is 6.59. The first-order chi connectivity index (χ1) is 9.82. The van der Waals surface area contributed by atoms with Gasteiger partial charge in [-0.3, -0.25) is 0 Å². The Morgan fingerprint density at radius 1 is 1.24 bits per heavy atom. The summed E-state index contributed by atoms with van der Waals surface area (Å²) in [7, 11) is 0. The Morgan fingerprint density at radius 2 is 1.95 bits per heavy atom. The number of halogens is 2. The quantitative estimate of drug-likeness (QED) is 0.734. The minimum absolute atomic E-state index is 0.103. The van der Waals surface area contributed by atoms with Crippen molar-refractivity contribution in [3.63, 3.8) is 0 Å². The zero-order valence-electron chi connectivity index (χ0n) is 12.8. The molecule has 1 aromatic carbocycles. The Morgan fingerprint density at radius 3 is 2.52 bits per heavy atom. The van der Waals surface area contributed by atoms with Crippen molar-refractivity contribution < 1.29 is 4.39 Å². The maximum atomic E-state index is 14.2. The van der Waals surface area contributed by atoms with Crippen LogP contribution in [0.15, 0.2) is 34.8 Å². The SMILES string of the molecule is CCNC(c1ccc(C(C)(C)C)s1)c1cc(Br)ccc1F. The van der Waals surface area contributed by atoms with E-state index in [4.69, 9.17) is 0 Å². The van der Waals surface area contributed by atoms with E-state index in [2.05, 4.69) is 54.2 Å². The van der Waals surface area contributed by atoms with Crippen molar-refractivity contribution >= 4 is 27.3 Å². The van der Waals surface area contributed by atoms with Crippen LogP contribution in [0.4, 0.5) is 4.39 Å². The van der Waals surface area contributed by atoms with Crippen molar-refractivity contribution in [2.45, 2.75) is 39.2 Å². The molecule has 0 spiro atoms. The van der Waals surface area contributed by atoms with Crippen LogP contribution in [0, 0.1) is 5.82 Å². The van der Waals surface area contributed by atoms with E-state index >= 15 is 0 Å². The molecule has 0 aliphatic carbocycles. The summed E-state index contributed by atoms with van der Waals surface area (Å²) in [4.78, 5) is 2.47. The molecule has 1 nitrogen and oxygen atoms in total. The maximum Gasteiger partial charge on any atom is 0.128 e. The van der Waals surface area contributed by atoms with Crippen LogP contribution in [0.1, 0.15) is 49.1 Å². The van der Waals surface area contributed by atoms with Gasteiger partial charge in [0, 0.05) is 19.8 Å². The van der Waals surface area contributed by atoms with Crippen molar-refractivity contribution in [3.8, 4) is 0 Å². The van der Waals surface area contributed by atoms with Gasteiger partial charge in [0.2, 0.25) is 0 Å². The average Bonchev–Trinajstić information content (AvgIpc) is 2.88. The molecule has 1 unspecified atom stereocenters. The Balaban J connectivity index is 2.44. The molecule has 0 saturated carbocycles. The summed E-state index contributed by atoms with van der Waals surface area (Å²) < 4.78 is 15.1. The number of nitrogens with one attached hydrogen (secondary N) is 1. The van der Waals surface area contributed by atoms with Crippen LogP contribution in [0.2, 0.25) is 0 Å². The highest BCUT2D eigenvalue weighted by molar-refractivity contribution is 9.10. The predicted octanol–water partition coefficient (Wildman–Crippen LogP) is 5.65. The van der Waals surface area contributed by atoms with Gasteiger partial charge in [0.1, 0.15) is 5.82 Å². The monoisotopic (exact) mass is 369 g/mol. The van der Waals surface area contributed by atoms with Crippen molar-refractivity contribution in [1.82, 2.24) is 5.32 Å². The van der Waals surface area contributed by atoms with Crippen LogP contribution in [0.5, 0.6) is 0 Å². The first kappa shape index (κ1) is 16.7. The summed E-state index contributed by atoms with van der Waals surface area (Å²) in [5, 5.41) is 3.40.